The van der Waals surface area contributed by atoms with E-state index in [-0.39, 0.29) is 40.5 Å². The van der Waals surface area contributed by atoms with Gasteiger partial charge in [0.2, 0.25) is 0 Å². The van der Waals surface area contributed by atoms with Crippen LogP contribution in [-0.4, -0.2) is 49.8 Å². The maximum absolute atomic E-state index is 13.8. The number of benzene rings is 1. The number of aromatic nitrogens is 2. The molecule has 0 aliphatic rings. The second-order valence-electron chi connectivity index (χ2n) is 14.0. The molecule has 2 rings (SSSR count). The summed E-state index contributed by atoms with van der Waals surface area (Å²) in [6, 6.07) is 6.29. The Labute approximate surface area is 229 Å². The number of aromatic amines is 1. The highest BCUT2D eigenvalue weighted by Crippen LogP contribution is 2.31. The van der Waals surface area contributed by atoms with E-state index in [1.807, 2.05) is 46.8 Å². The van der Waals surface area contributed by atoms with E-state index < -0.39 is 10.8 Å². The molecule has 38 heavy (non-hydrogen) atoms. The third-order valence-corrected chi connectivity index (χ3v) is 6.94. The average Bonchev–Trinajstić information content (AvgIpc) is 3.29. The molecular weight excluding hydrogens is 476 g/mol. The molecule has 0 aliphatic heterocycles. The van der Waals surface area contributed by atoms with Crippen LogP contribution < -0.4 is 10.6 Å². The molecule has 212 valence electrons. The Bertz CT molecular complexity index is 1040. The van der Waals surface area contributed by atoms with Gasteiger partial charge in [-0.15, -0.1) is 0 Å². The second-order valence-corrected chi connectivity index (χ2v) is 14.0. The Kier molecular flexibility index (Phi) is 10.1. The predicted octanol–water partition coefficient (Wildman–Crippen LogP) is 5.38. The number of Topliss-reactive ketones (excluding diaryl/α,β-unsaturated/α-hetero) is 2. The normalized spacial score (nSPS) is 14.8. The number of nitrogens with one attached hydrogen (secondary N) is 3. The molecular formula is C31H50N4O3. The number of hydrogen-bond donors (Lipinski definition) is 4. The van der Waals surface area contributed by atoms with E-state index in [9.17, 15) is 14.7 Å². The highest BCUT2D eigenvalue weighted by atomic mass is 16.3. The Morgan fingerprint density at radius 2 is 1.42 bits per heavy atom. The van der Waals surface area contributed by atoms with Crippen LogP contribution >= 0.6 is 0 Å². The fourth-order valence-corrected chi connectivity index (χ4v) is 4.71. The number of hydrogen-bond acceptors (Lipinski definition) is 6. The van der Waals surface area contributed by atoms with Crippen LogP contribution in [0.1, 0.15) is 93.3 Å². The molecule has 7 heteroatoms. The quantitative estimate of drug-likeness (QED) is 0.279. The minimum Gasteiger partial charge on any atom is -0.508 e. The number of ketones is 2. The standard InChI is InChI=1S/C31H50N4O3/c1-28(2,3)26(37)24(17-21-11-13-23(36)14-12-21)35-31(9,10)16-15-30(7,8)27(38)25(34-29(4,5)6)18-22-19-32-20-33-22/h11-14,19-20,24-25,34-36H,15-18H2,1-10H3,(H,32,33). The van der Waals surface area contributed by atoms with E-state index in [1.165, 1.54) is 0 Å². The smallest absolute Gasteiger partial charge is 0.155 e. The zero-order valence-electron chi connectivity index (χ0n) is 25.2. The molecule has 0 bridgehead atoms. The molecule has 2 unspecified atom stereocenters. The number of carbonyl (C=O) groups excluding carboxylic acids is 2. The predicted molar refractivity (Wildman–Crippen MR) is 154 cm³/mol. The van der Waals surface area contributed by atoms with Gasteiger partial charge < -0.3 is 20.7 Å². The van der Waals surface area contributed by atoms with E-state index in [0.717, 1.165) is 17.7 Å². The second kappa shape index (κ2) is 12.1. The molecule has 7 nitrogen and oxygen atoms in total. The lowest BCUT2D eigenvalue weighted by atomic mass is 9.75. The highest BCUT2D eigenvalue weighted by molar-refractivity contribution is 5.90. The van der Waals surface area contributed by atoms with Gasteiger partial charge in [-0.1, -0.05) is 46.8 Å². The third-order valence-electron chi connectivity index (χ3n) is 6.94. The minimum atomic E-state index is -0.567. The lowest BCUT2D eigenvalue weighted by molar-refractivity contribution is -0.131. The fourth-order valence-electron chi connectivity index (χ4n) is 4.71. The monoisotopic (exact) mass is 526 g/mol. The van der Waals surface area contributed by atoms with Gasteiger partial charge in [-0.2, -0.15) is 0 Å². The summed E-state index contributed by atoms with van der Waals surface area (Å²) in [4.78, 5) is 34.5. The molecule has 2 aromatic rings. The van der Waals surface area contributed by atoms with Crippen LogP contribution in [0.3, 0.4) is 0 Å². The number of phenolic OH excluding ortho intramolecular Hbond substituents is 1. The summed E-state index contributed by atoms with van der Waals surface area (Å²) in [5.41, 5.74) is 0.248. The van der Waals surface area contributed by atoms with Crippen LogP contribution in [0.2, 0.25) is 0 Å². The van der Waals surface area contributed by atoms with E-state index in [1.54, 1.807) is 24.7 Å². The van der Waals surface area contributed by atoms with Crippen LogP contribution in [0.25, 0.3) is 0 Å². The van der Waals surface area contributed by atoms with Gasteiger partial charge >= 0.3 is 0 Å². The number of H-pyrrole nitrogens is 1. The molecule has 1 aromatic carbocycles. The first-order chi connectivity index (χ1) is 17.3. The van der Waals surface area contributed by atoms with Gasteiger partial charge in [0.25, 0.3) is 0 Å². The third kappa shape index (κ3) is 9.99. The molecule has 0 radical (unpaired) electrons. The highest BCUT2D eigenvalue weighted by Gasteiger charge is 2.38. The molecule has 1 heterocycles. The van der Waals surface area contributed by atoms with Gasteiger partial charge in [0.05, 0.1) is 18.4 Å². The average molecular weight is 527 g/mol. The largest absolute Gasteiger partial charge is 0.508 e. The number of imidazole rings is 1. The molecule has 0 fully saturated rings. The van der Waals surface area contributed by atoms with Crippen molar-refractivity contribution in [2.75, 3.05) is 0 Å². The van der Waals surface area contributed by atoms with Crippen LogP contribution in [0, 0.1) is 10.8 Å². The molecule has 2 atom stereocenters. The van der Waals surface area contributed by atoms with E-state index in [2.05, 4.69) is 55.2 Å². The van der Waals surface area contributed by atoms with Crippen LogP contribution in [0.4, 0.5) is 0 Å². The lowest BCUT2D eigenvalue weighted by Gasteiger charge is -2.38. The van der Waals surface area contributed by atoms with Crippen molar-refractivity contribution >= 4 is 11.6 Å². The van der Waals surface area contributed by atoms with E-state index in [4.69, 9.17) is 0 Å². The molecule has 0 saturated carbocycles. The number of aromatic hydroxyl groups is 1. The van der Waals surface area contributed by atoms with Gasteiger partial charge in [-0.25, -0.2) is 4.98 Å². The first kappa shape index (κ1) is 31.7. The topological polar surface area (TPSA) is 107 Å². The summed E-state index contributed by atoms with van der Waals surface area (Å²) in [6.45, 7) is 20.3. The summed E-state index contributed by atoms with van der Waals surface area (Å²) in [6.07, 6.45) is 5.89. The van der Waals surface area contributed by atoms with Crippen molar-refractivity contribution in [1.82, 2.24) is 20.6 Å². The number of phenols is 1. The van der Waals surface area contributed by atoms with Crippen molar-refractivity contribution in [3.63, 3.8) is 0 Å². The van der Waals surface area contributed by atoms with Crippen LogP contribution in [0.5, 0.6) is 5.75 Å². The van der Waals surface area contributed by atoms with Gasteiger partial charge in [0.1, 0.15) is 5.75 Å². The van der Waals surface area contributed by atoms with Crippen LogP contribution in [-0.2, 0) is 22.4 Å². The molecule has 0 aliphatic carbocycles. The zero-order chi connectivity index (χ0) is 28.9. The first-order valence-corrected chi connectivity index (χ1v) is 13.7. The van der Waals surface area contributed by atoms with Crippen molar-refractivity contribution < 1.29 is 14.7 Å². The maximum Gasteiger partial charge on any atom is 0.155 e. The van der Waals surface area contributed by atoms with Gasteiger partial charge in [-0.05, 0) is 71.6 Å². The number of rotatable bonds is 13. The van der Waals surface area contributed by atoms with Crippen LogP contribution in [0.15, 0.2) is 36.8 Å². The molecule has 1 aromatic heterocycles. The number of carbonyl (C=O) groups is 2. The van der Waals surface area contributed by atoms with Crippen molar-refractivity contribution in [3.8, 4) is 5.75 Å². The van der Waals surface area contributed by atoms with Crippen molar-refractivity contribution in [2.24, 2.45) is 10.8 Å². The lowest BCUT2D eigenvalue weighted by Crippen LogP contribution is -2.54. The Hall–Kier alpha value is -2.51. The zero-order valence-corrected chi connectivity index (χ0v) is 25.2. The van der Waals surface area contributed by atoms with Gasteiger partial charge in [-0.3, -0.25) is 9.59 Å². The molecule has 0 saturated heterocycles. The van der Waals surface area contributed by atoms with Crippen molar-refractivity contribution in [2.45, 2.75) is 118 Å². The fraction of sp³-hybridized carbons (Fsp3) is 0.645. The SMILES string of the molecule is CC(C)(C)NC(Cc1cnc[nH]1)C(=O)C(C)(C)CCC(C)(C)NC(Cc1ccc(O)cc1)C(=O)C(C)(C)C. The molecule has 0 amide bonds. The minimum absolute atomic E-state index is 0.142. The Balaban J connectivity index is 2.16. The molecule has 0 spiro atoms. The number of nitrogens with zero attached hydrogens (tertiary/aromatic N) is 1. The van der Waals surface area contributed by atoms with E-state index >= 15 is 0 Å². The van der Waals surface area contributed by atoms with Crippen molar-refractivity contribution in [1.29, 1.82) is 0 Å². The van der Waals surface area contributed by atoms with Crippen molar-refractivity contribution in [3.05, 3.63) is 48.0 Å². The van der Waals surface area contributed by atoms with Gasteiger partial charge in [0, 0.05) is 40.2 Å². The van der Waals surface area contributed by atoms with Gasteiger partial charge in [0.15, 0.2) is 11.6 Å². The molecule has 4 N–H and O–H groups in total. The summed E-state index contributed by atoms with van der Waals surface area (Å²) >= 11 is 0. The first-order valence-electron chi connectivity index (χ1n) is 13.7. The summed E-state index contributed by atoms with van der Waals surface area (Å²) < 4.78 is 0. The summed E-state index contributed by atoms with van der Waals surface area (Å²) in [7, 11) is 0. The van der Waals surface area contributed by atoms with E-state index in [0.29, 0.717) is 19.3 Å². The summed E-state index contributed by atoms with van der Waals surface area (Å²) in [5.74, 6) is 0.520. The Morgan fingerprint density at radius 1 is 0.842 bits per heavy atom. The summed E-state index contributed by atoms with van der Waals surface area (Å²) in [5, 5.41) is 16.8. The Morgan fingerprint density at radius 3 is 1.92 bits per heavy atom. The maximum atomic E-state index is 13.8.